The molecular weight excluding hydrogens is 952 g/mol. The Morgan fingerprint density at radius 3 is 1.18 bits per heavy atom. The average molecular weight is 1050 g/mol. The standard InChI is InChI=1S/C62H101O11P/c1-4-7-10-13-16-19-22-24-26-28-29-31-33-35-38-41-44-47-50-53-62(66)73-59(55-69-60(64)51-48-45-42-39-37-34-32-30-27-25-23-20-17-14-11-8-5-2)57-71-74(67,68)70-56-58(54-63)72-61(65)52-49-46-43-40-36-21-18-15-12-9-6-3/h7-8,10-11,15-20,24-27,29,31,35,38,44,47,58-59,63H,4-6,9,12-14,21-23,28,30,32-34,36-37,39-43,45-46,48-57H2,1-3H3,(H,67,68)/b10-7-,11-8-,18-15-,19-16-,20-17-,26-24-,27-25-,31-29-,38-35-,47-44-. The van der Waals surface area contributed by atoms with Crippen LogP contribution in [0.3, 0.4) is 0 Å². The van der Waals surface area contributed by atoms with E-state index in [-0.39, 0.29) is 25.9 Å². The first-order valence-electron chi connectivity index (χ1n) is 28.4. The van der Waals surface area contributed by atoms with Crippen molar-refractivity contribution in [2.75, 3.05) is 26.4 Å². The van der Waals surface area contributed by atoms with Crippen LogP contribution in [-0.4, -0.2) is 66.5 Å². The van der Waals surface area contributed by atoms with Gasteiger partial charge in [0, 0.05) is 19.3 Å². The SMILES string of the molecule is CC/C=C\C/C=C\C/C=C\C/C=C\C/C=C\C/C=C\CCC(=O)OC(COC(=O)CCCCCCCCC/C=C\C/C=C\C/C=C\CC)COP(=O)(O)OCC(CO)OC(=O)CCCCCCC/C=C\CCCC. The zero-order valence-corrected chi connectivity index (χ0v) is 47.2. The van der Waals surface area contributed by atoms with Gasteiger partial charge in [-0.15, -0.1) is 0 Å². The molecule has 0 bridgehead atoms. The van der Waals surface area contributed by atoms with Crippen molar-refractivity contribution < 1.29 is 52.2 Å². The maximum Gasteiger partial charge on any atom is 0.472 e. The average Bonchev–Trinajstić information content (AvgIpc) is 3.39. The summed E-state index contributed by atoms with van der Waals surface area (Å²) < 4.78 is 39.4. The van der Waals surface area contributed by atoms with Gasteiger partial charge in [0.1, 0.15) is 12.7 Å². The van der Waals surface area contributed by atoms with Gasteiger partial charge in [0.15, 0.2) is 6.10 Å². The maximum atomic E-state index is 12.9. The van der Waals surface area contributed by atoms with Crippen LogP contribution in [0.5, 0.6) is 0 Å². The van der Waals surface area contributed by atoms with E-state index in [2.05, 4.69) is 130 Å². The summed E-state index contributed by atoms with van der Waals surface area (Å²) in [4.78, 5) is 48.5. The normalized spacial score (nSPS) is 14.3. The summed E-state index contributed by atoms with van der Waals surface area (Å²) >= 11 is 0. The fraction of sp³-hybridized carbons (Fsp3) is 0.629. The number of hydrogen-bond donors (Lipinski definition) is 2. The Bertz CT molecular complexity index is 1700. The highest BCUT2D eigenvalue weighted by Gasteiger charge is 2.28. The van der Waals surface area contributed by atoms with Gasteiger partial charge >= 0.3 is 25.7 Å². The van der Waals surface area contributed by atoms with Crippen LogP contribution in [0.2, 0.25) is 0 Å². The van der Waals surface area contributed by atoms with Crippen LogP contribution in [0.25, 0.3) is 0 Å². The summed E-state index contributed by atoms with van der Waals surface area (Å²) in [5.41, 5.74) is 0. The van der Waals surface area contributed by atoms with Crippen LogP contribution >= 0.6 is 7.82 Å². The van der Waals surface area contributed by atoms with Gasteiger partial charge in [0.05, 0.1) is 19.8 Å². The van der Waals surface area contributed by atoms with Gasteiger partial charge in [-0.25, -0.2) is 4.57 Å². The van der Waals surface area contributed by atoms with Gasteiger partial charge in [-0.1, -0.05) is 206 Å². The van der Waals surface area contributed by atoms with Gasteiger partial charge in [-0.3, -0.25) is 23.4 Å². The molecule has 11 nitrogen and oxygen atoms in total. The number of allylic oxidation sites excluding steroid dienone is 20. The molecule has 0 aromatic rings. The highest BCUT2D eigenvalue weighted by atomic mass is 31.2. The summed E-state index contributed by atoms with van der Waals surface area (Å²) in [6, 6.07) is 0. The molecule has 0 saturated heterocycles. The Labute approximate surface area is 449 Å². The van der Waals surface area contributed by atoms with E-state index in [1.54, 1.807) is 0 Å². The number of rotatable bonds is 51. The minimum absolute atomic E-state index is 0.0337. The van der Waals surface area contributed by atoms with Crippen molar-refractivity contribution in [1.29, 1.82) is 0 Å². The molecular formula is C62H101O11P. The van der Waals surface area contributed by atoms with Gasteiger partial charge in [-0.2, -0.15) is 0 Å². The number of phosphoric ester groups is 1. The predicted octanol–water partition coefficient (Wildman–Crippen LogP) is 16.8. The topological polar surface area (TPSA) is 155 Å². The summed E-state index contributed by atoms with van der Waals surface area (Å²) in [5.74, 6) is -1.60. The van der Waals surface area contributed by atoms with E-state index < -0.39 is 57.8 Å². The Balaban J connectivity index is 4.88. The van der Waals surface area contributed by atoms with Crippen LogP contribution in [0, 0.1) is 0 Å². The van der Waals surface area contributed by atoms with E-state index >= 15 is 0 Å². The second-order valence-corrected chi connectivity index (χ2v) is 19.8. The van der Waals surface area contributed by atoms with E-state index in [9.17, 15) is 28.9 Å². The minimum Gasteiger partial charge on any atom is -0.462 e. The number of ether oxygens (including phenoxy) is 3. The molecule has 0 aliphatic rings. The van der Waals surface area contributed by atoms with E-state index in [0.29, 0.717) is 25.7 Å². The van der Waals surface area contributed by atoms with Gasteiger partial charge in [-0.05, 0) is 109 Å². The first-order chi connectivity index (χ1) is 36.2. The number of aliphatic hydroxyl groups is 1. The number of hydrogen-bond acceptors (Lipinski definition) is 10. The Morgan fingerprint density at radius 2 is 0.730 bits per heavy atom. The Hall–Kier alpha value is -4.12. The molecule has 0 aromatic carbocycles. The summed E-state index contributed by atoms with van der Waals surface area (Å²) in [5, 5.41) is 9.79. The second-order valence-electron chi connectivity index (χ2n) is 18.3. The zero-order valence-electron chi connectivity index (χ0n) is 46.3. The second kappa shape index (κ2) is 55.1. The molecule has 0 rings (SSSR count). The molecule has 12 heteroatoms. The quantitative estimate of drug-likeness (QED) is 0.0197. The van der Waals surface area contributed by atoms with Crippen LogP contribution in [-0.2, 0) is 42.2 Å². The summed E-state index contributed by atoms with van der Waals surface area (Å²) in [7, 11) is -4.78. The highest BCUT2D eigenvalue weighted by molar-refractivity contribution is 7.47. The minimum atomic E-state index is -4.78. The fourth-order valence-electron chi connectivity index (χ4n) is 7.08. The van der Waals surface area contributed by atoms with E-state index in [0.717, 1.165) is 122 Å². The molecule has 0 fully saturated rings. The van der Waals surface area contributed by atoms with Crippen molar-refractivity contribution in [2.24, 2.45) is 0 Å². The Morgan fingerprint density at radius 1 is 0.392 bits per heavy atom. The molecule has 0 saturated carbocycles. The lowest BCUT2D eigenvalue weighted by Gasteiger charge is -2.21. The molecule has 0 radical (unpaired) electrons. The van der Waals surface area contributed by atoms with Crippen molar-refractivity contribution >= 4 is 25.7 Å². The van der Waals surface area contributed by atoms with Crippen LogP contribution in [0.15, 0.2) is 122 Å². The largest absolute Gasteiger partial charge is 0.472 e. The highest BCUT2D eigenvalue weighted by Crippen LogP contribution is 2.43. The summed E-state index contributed by atoms with van der Waals surface area (Å²) in [6.07, 6.45) is 67.5. The first-order valence-corrected chi connectivity index (χ1v) is 29.9. The van der Waals surface area contributed by atoms with Crippen LogP contribution < -0.4 is 0 Å². The number of unbranched alkanes of at least 4 members (excludes halogenated alkanes) is 14. The van der Waals surface area contributed by atoms with Gasteiger partial charge < -0.3 is 24.2 Å². The monoisotopic (exact) mass is 1050 g/mol. The van der Waals surface area contributed by atoms with Crippen molar-refractivity contribution in [3.05, 3.63) is 122 Å². The van der Waals surface area contributed by atoms with Crippen molar-refractivity contribution in [2.45, 2.75) is 226 Å². The van der Waals surface area contributed by atoms with Crippen molar-refractivity contribution in [3.8, 4) is 0 Å². The van der Waals surface area contributed by atoms with Gasteiger partial charge in [0.25, 0.3) is 0 Å². The molecule has 3 unspecified atom stereocenters. The number of esters is 3. The molecule has 0 amide bonds. The number of carbonyl (C=O) groups is 3. The van der Waals surface area contributed by atoms with Gasteiger partial charge in [0.2, 0.25) is 0 Å². The summed E-state index contributed by atoms with van der Waals surface area (Å²) in [6.45, 7) is 4.25. The van der Waals surface area contributed by atoms with E-state index in [4.69, 9.17) is 23.3 Å². The molecule has 0 aliphatic carbocycles. The fourth-order valence-corrected chi connectivity index (χ4v) is 7.87. The predicted molar refractivity (Wildman–Crippen MR) is 306 cm³/mol. The molecule has 3 atom stereocenters. The van der Waals surface area contributed by atoms with Crippen molar-refractivity contribution in [3.63, 3.8) is 0 Å². The van der Waals surface area contributed by atoms with E-state index in [1.165, 1.54) is 25.7 Å². The van der Waals surface area contributed by atoms with Crippen LogP contribution in [0.1, 0.15) is 213 Å². The number of phosphoric acid groups is 1. The third kappa shape index (κ3) is 52.7. The molecule has 0 spiro atoms. The first kappa shape index (κ1) is 69.9. The lowest BCUT2D eigenvalue weighted by Crippen LogP contribution is -2.30. The maximum absolute atomic E-state index is 12.9. The molecule has 0 heterocycles. The zero-order chi connectivity index (χ0) is 54.1. The number of carbonyl (C=O) groups excluding carboxylic acids is 3. The smallest absolute Gasteiger partial charge is 0.462 e. The molecule has 2 N–H and O–H groups in total. The third-order valence-electron chi connectivity index (χ3n) is 11.4. The van der Waals surface area contributed by atoms with E-state index in [1.807, 2.05) is 12.2 Å². The van der Waals surface area contributed by atoms with Crippen molar-refractivity contribution in [1.82, 2.24) is 0 Å². The third-order valence-corrected chi connectivity index (χ3v) is 12.3. The lowest BCUT2D eigenvalue weighted by atomic mass is 10.1. The number of aliphatic hydroxyl groups excluding tert-OH is 1. The Kier molecular flexibility index (Phi) is 52.1. The molecule has 420 valence electrons. The van der Waals surface area contributed by atoms with Crippen LogP contribution in [0.4, 0.5) is 0 Å². The molecule has 0 aromatic heterocycles. The molecule has 74 heavy (non-hydrogen) atoms. The molecule has 0 aliphatic heterocycles. The lowest BCUT2D eigenvalue weighted by molar-refractivity contribution is -0.161.